The predicted octanol–water partition coefficient (Wildman–Crippen LogP) is 2.71. The number of hydrogen-bond acceptors (Lipinski definition) is 3. The molecule has 2 aromatic heterocycles. The number of pyridine rings is 1. The Morgan fingerprint density at radius 2 is 2.04 bits per heavy atom. The monoisotopic (exact) mass is 341 g/mol. The number of aromatic amines is 1. The molecule has 0 spiro atoms. The SMILES string of the molecule is O=S(NCCO)c1ccc(-c2ccnc3[nH]c(C4CC4)cc23)cc1. The Bertz CT molecular complexity index is 885. The lowest BCUT2D eigenvalue weighted by Gasteiger charge is -2.06. The van der Waals surface area contributed by atoms with Crippen LogP contribution in [0.2, 0.25) is 0 Å². The van der Waals surface area contributed by atoms with Gasteiger partial charge in [-0.15, -0.1) is 0 Å². The maximum absolute atomic E-state index is 12.0. The van der Waals surface area contributed by atoms with Gasteiger partial charge >= 0.3 is 0 Å². The van der Waals surface area contributed by atoms with Gasteiger partial charge in [0.2, 0.25) is 0 Å². The second-order valence-electron chi connectivity index (χ2n) is 6.03. The summed E-state index contributed by atoms with van der Waals surface area (Å²) < 4.78 is 14.8. The van der Waals surface area contributed by atoms with Crippen LogP contribution >= 0.6 is 0 Å². The number of aliphatic hydroxyl groups excluding tert-OH is 1. The van der Waals surface area contributed by atoms with Crippen LogP contribution < -0.4 is 4.72 Å². The van der Waals surface area contributed by atoms with Crippen LogP contribution in [0.5, 0.6) is 0 Å². The van der Waals surface area contributed by atoms with Crippen molar-refractivity contribution in [2.75, 3.05) is 13.2 Å². The zero-order valence-corrected chi connectivity index (χ0v) is 14.0. The molecule has 1 saturated carbocycles. The summed E-state index contributed by atoms with van der Waals surface area (Å²) >= 11 is 0. The van der Waals surface area contributed by atoms with E-state index in [0.717, 1.165) is 22.2 Å². The molecule has 0 aliphatic heterocycles. The highest BCUT2D eigenvalue weighted by Gasteiger charge is 2.25. The molecule has 0 bridgehead atoms. The Morgan fingerprint density at radius 1 is 1.25 bits per heavy atom. The van der Waals surface area contributed by atoms with E-state index in [2.05, 4.69) is 20.8 Å². The topological polar surface area (TPSA) is 78.0 Å². The van der Waals surface area contributed by atoms with Gasteiger partial charge in [0.05, 0.1) is 11.5 Å². The van der Waals surface area contributed by atoms with E-state index in [4.69, 9.17) is 5.11 Å². The number of rotatable bonds is 6. The average molecular weight is 341 g/mol. The molecule has 4 rings (SSSR count). The summed E-state index contributed by atoms with van der Waals surface area (Å²) in [5.74, 6) is 0.662. The van der Waals surface area contributed by atoms with Crippen molar-refractivity contribution in [3.8, 4) is 11.1 Å². The van der Waals surface area contributed by atoms with E-state index in [1.807, 2.05) is 36.5 Å². The number of benzene rings is 1. The fourth-order valence-electron chi connectivity index (χ4n) is 2.89. The Balaban J connectivity index is 1.66. The van der Waals surface area contributed by atoms with Gasteiger partial charge in [-0.2, -0.15) is 0 Å². The first kappa shape index (κ1) is 15.5. The molecular weight excluding hydrogens is 322 g/mol. The first-order valence-corrected chi connectivity index (χ1v) is 9.25. The van der Waals surface area contributed by atoms with Crippen LogP contribution in [-0.4, -0.2) is 32.4 Å². The van der Waals surface area contributed by atoms with E-state index in [1.165, 1.54) is 18.5 Å². The van der Waals surface area contributed by atoms with Crippen LogP contribution in [0, 0.1) is 0 Å². The van der Waals surface area contributed by atoms with Crippen LogP contribution in [0.25, 0.3) is 22.2 Å². The molecule has 0 radical (unpaired) electrons. The van der Waals surface area contributed by atoms with Crippen molar-refractivity contribution in [1.82, 2.24) is 14.7 Å². The maximum Gasteiger partial charge on any atom is 0.138 e. The molecule has 0 saturated heterocycles. The van der Waals surface area contributed by atoms with Gasteiger partial charge in [-0.05, 0) is 54.2 Å². The molecule has 1 atom stereocenters. The van der Waals surface area contributed by atoms with E-state index in [0.29, 0.717) is 17.4 Å². The highest BCUT2D eigenvalue weighted by Crippen LogP contribution is 2.41. The van der Waals surface area contributed by atoms with Crippen LogP contribution in [-0.2, 0) is 11.0 Å². The lowest BCUT2D eigenvalue weighted by molar-refractivity contribution is 0.302. The Labute approximate surface area is 142 Å². The third-order valence-corrected chi connectivity index (χ3v) is 5.46. The number of aromatic nitrogens is 2. The van der Waals surface area contributed by atoms with Crippen molar-refractivity contribution < 1.29 is 9.32 Å². The maximum atomic E-state index is 12.0. The summed E-state index contributed by atoms with van der Waals surface area (Å²) in [7, 11) is -1.30. The number of aliphatic hydroxyl groups is 1. The van der Waals surface area contributed by atoms with E-state index in [-0.39, 0.29) is 6.61 Å². The van der Waals surface area contributed by atoms with E-state index in [1.54, 1.807) is 0 Å². The number of nitrogens with zero attached hydrogens (tertiary/aromatic N) is 1. The molecule has 0 amide bonds. The van der Waals surface area contributed by atoms with Gasteiger partial charge in [0, 0.05) is 23.8 Å². The molecule has 1 unspecified atom stereocenters. The van der Waals surface area contributed by atoms with Gasteiger partial charge in [0.15, 0.2) is 0 Å². The molecular formula is C18H19N3O2S. The van der Waals surface area contributed by atoms with Gasteiger partial charge in [-0.3, -0.25) is 0 Å². The number of hydrogen-bond donors (Lipinski definition) is 3. The third-order valence-electron chi connectivity index (χ3n) is 4.29. The number of fused-ring (bicyclic) bond motifs is 1. The van der Waals surface area contributed by atoms with Crippen molar-refractivity contribution in [1.29, 1.82) is 0 Å². The zero-order chi connectivity index (χ0) is 16.5. The summed E-state index contributed by atoms with van der Waals surface area (Å²) in [6.45, 7) is 0.280. The van der Waals surface area contributed by atoms with Crippen molar-refractivity contribution in [2.24, 2.45) is 0 Å². The highest BCUT2D eigenvalue weighted by molar-refractivity contribution is 7.83. The quantitative estimate of drug-likeness (QED) is 0.645. The summed E-state index contributed by atoms with van der Waals surface area (Å²) in [5.41, 5.74) is 4.40. The van der Waals surface area contributed by atoms with Gasteiger partial charge in [-0.25, -0.2) is 13.9 Å². The minimum Gasteiger partial charge on any atom is -0.395 e. The summed E-state index contributed by atoms with van der Waals surface area (Å²) in [4.78, 5) is 8.57. The Kier molecular flexibility index (Phi) is 4.18. The average Bonchev–Trinajstić information content (AvgIpc) is 3.38. The lowest BCUT2D eigenvalue weighted by atomic mass is 10.0. The van der Waals surface area contributed by atoms with Crippen LogP contribution in [0.3, 0.4) is 0 Å². The summed E-state index contributed by atoms with van der Waals surface area (Å²) in [5, 5.41) is 9.93. The first-order chi connectivity index (χ1) is 11.8. The first-order valence-electron chi connectivity index (χ1n) is 8.10. The molecule has 1 aromatic carbocycles. The van der Waals surface area contributed by atoms with Crippen molar-refractivity contribution >= 4 is 22.0 Å². The second kappa shape index (κ2) is 6.47. The molecule has 1 aliphatic rings. The summed E-state index contributed by atoms with van der Waals surface area (Å²) in [6.07, 6.45) is 4.33. The van der Waals surface area contributed by atoms with Crippen molar-refractivity contribution in [3.05, 3.63) is 48.3 Å². The second-order valence-corrected chi connectivity index (χ2v) is 7.33. The molecule has 1 aliphatic carbocycles. The number of nitrogens with one attached hydrogen (secondary N) is 2. The predicted molar refractivity (Wildman–Crippen MR) is 95.0 cm³/mol. The Morgan fingerprint density at radius 3 is 2.75 bits per heavy atom. The molecule has 1 fully saturated rings. The number of H-pyrrole nitrogens is 1. The third kappa shape index (κ3) is 3.00. The van der Waals surface area contributed by atoms with Crippen molar-refractivity contribution in [2.45, 2.75) is 23.7 Å². The molecule has 124 valence electrons. The fourth-order valence-corrected chi connectivity index (χ4v) is 3.72. The highest BCUT2D eigenvalue weighted by atomic mass is 32.2. The van der Waals surface area contributed by atoms with E-state index >= 15 is 0 Å². The molecule has 2 heterocycles. The molecule has 6 heteroatoms. The van der Waals surface area contributed by atoms with Gasteiger partial charge in [0.1, 0.15) is 16.6 Å². The van der Waals surface area contributed by atoms with Crippen LogP contribution in [0.1, 0.15) is 24.5 Å². The van der Waals surface area contributed by atoms with Gasteiger partial charge < -0.3 is 10.1 Å². The van der Waals surface area contributed by atoms with Gasteiger partial charge in [-0.1, -0.05) is 12.1 Å². The van der Waals surface area contributed by atoms with Crippen LogP contribution in [0.15, 0.2) is 47.5 Å². The lowest BCUT2D eigenvalue weighted by Crippen LogP contribution is -2.20. The van der Waals surface area contributed by atoms with E-state index < -0.39 is 11.0 Å². The smallest absolute Gasteiger partial charge is 0.138 e. The molecule has 3 aromatic rings. The molecule has 3 N–H and O–H groups in total. The fraction of sp³-hybridized carbons (Fsp3) is 0.278. The van der Waals surface area contributed by atoms with Gasteiger partial charge in [0.25, 0.3) is 0 Å². The largest absolute Gasteiger partial charge is 0.395 e. The zero-order valence-electron chi connectivity index (χ0n) is 13.2. The van der Waals surface area contributed by atoms with Crippen LogP contribution in [0.4, 0.5) is 0 Å². The van der Waals surface area contributed by atoms with Crippen molar-refractivity contribution in [3.63, 3.8) is 0 Å². The molecule has 24 heavy (non-hydrogen) atoms. The van der Waals surface area contributed by atoms with E-state index in [9.17, 15) is 4.21 Å². The molecule has 5 nitrogen and oxygen atoms in total. The summed E-state index contributed by atoms with van der Waals surface area (Å²) in [6, 6.07) is 11.9. The normalized spacial score (nSPS) is 15.7. The minimum absolute atomic E-state index is 0.0321. The standard InChI is InChI=1S/C18H19N3O2S/c22-10-9-20-24(23)14-5-3-12(4-6-14)15-7-8-19-18-16(15)11-17(21-18)13-1-2-13/h3-8,11,13,20,22H,1-2,9-10H2,(H,19,21). The minimum atomic E-state index is -1.30. The Hall–Kier alpha value is -2.02.